The molecular weight excluding hydrogens is 306 g/mol. The Morgan fingerprint density at radius 1 is 1.38 bits per heavy atom. The van der Waals surface area contributed by atoms with Gasteiger partial charge in [0.1, 0.15) is 5.75 Å². The van der Waals surface area contributed by atoms with Gasteiger partial charge in [-0.2, -0.15) is 13.1 Å². The average molecular weight is 322 g/mol. The van der Waals surface area contributed by atoms with Crippen molar-refractivity contribution in [3.8, 4) is 5.75 Å². The van der Waals surface area contributed by atoms with Crippen molar-refractivity contribution in [2.24, 2.45) is 0 Å². The second kappa shape index (κ2) is 7.32. The minimum atomic E-state index is -3.46. The smallest absolute Gasteiger partial charge is 0.387 e. The third kappa shape index (κ3) is 6.05. The molecule has 0 aliphatic carbocycles. The van der Waals surface area contributed by atoms with Crippen LogP contribution in [-0.4, -0.2) is 45.1 Å². The van der Waals surface area contributed by atoms with Gasteiger partial charge in [0, 0.05) is 19.2 Å². The van der Waals surface area contributed by atoms with E-state index in [1.54, 1.807) is 6.07 Å². The van der Waals surface area contributed by atoms with E-state index >= 15 is 0 Å². The van der Waals surface area contributed by atoms with E-state index in [0.29, 0.717) is 5.56 Å². The van der Waals surface area contributed by atoms with Gasteiger partial charge in [0.25, 0.3) is 0 Å². The summed E-state index contributed by atoms with van der Waals surface area (Å²) in [5, 5.41) is 2.45. The molecule has 0 fully saturated rings. The van der Waals surface area contributed by atoms with Crippen LogP contribution in [0.25, 0.3) is 0 Å². The summed E-state index contributed by atoms with van der Waals surface area (Å²) in [4.78, 5) is 11.6. The van der Waals surface area contributed by atoms with Crippen LogP contribution in [0.4, 0.5) is 8.78 Å². The summed E-state index contributed by atoms with van der Waals surface area (Å²) in [7, 11) is -2.19. The zero-order valence-corrected chi connectivity index (χ0v) is 12.4. The van der Waals surface area contributed by atoms with E-state index in [9.17, 15) is 22.0 Å². The van der Waals surface area contributed by atoms with Gasteiger partial charge < -0.3 is 10.1 Å². The van der Waals surface area contributed by atoms with Crippen LogP contribution in [-0.2, 0) is 21.4 Å². The standard InChI is InChI=1S/C12H16F2N2O4S/c1-16(21(2,18)19)8-11(17)15-7-9-5-3-4-6-10(9)20-12(13)14/h3-6,12H,7-8H2,1-2H3,(H,15,17). The van der Waals surface area contributed by atoms with E-state index in [1.165, 1.54) is 25.2 Å². The lowest BCUT2D eigenvalue weighted by atomic mass is 10.2. The molecule has 118 valence electrons. The molecule has 0 saturated carbocycles. The molecule has 0 bridgehead atoms. The fraction of sp³-hybridized carbons (Fsp3) is 0.417. The van der Waals surface area contributed by atoms with Gasteiger partial charge in [-0.25, -0.2) is 8.42 Å². The molecule has 1 N–H and O–H groups in total. The Morgan fingerprint density at radius 3 is 2.57 bits per heavy atom. The number of carbonyl (C=O) groups excluding carboxylic acids is 1. The lowest BCUT2D eigenvalue weighted by molar-refractivity contribution is -0.121. The number of amides is 1. The van der Waals surface area contributed by atoms with Crippen molar-refractivity contribution < 1.29 is 26.7 Å². The number of halogens is 2. The Bertz CT molecular complexity index is 593. The minimum Gasteiger partial charge on any atom is -0.434 e. The predicted octanol–water partition coefficient (Wildman–Crippen LogP) is 0.796. The first-order chi connectivity index (χ1) is 9.70. The molecule has 0 unspecified atom stereocenters. The summed E-state index contributed by atoms with van der Waals surface area (Å²) in [6, 6.07) is 6.03. The predicted molar refractivity (Wildman–Crippen MR) is 72.4 cm³/mol. The number of alkyl halides is 2. The number of carbonyl (C=O) groups is 1. The van der Waals surface area contributed by atoms with Crippen molar-refractivity contribution >= 4 is 15.9 Å². The highest BCUT2D eigenvalue weighted by Crippen LogP contribution is 2.19. The number of para-hydroxylation sites is 1. The summed E-state index contributed by atoms with van der Waals surface area (Å²) >= 11 is 0. The van der Waals surface area contributed by atoms with E-state index in [1.807, 2.05) is 0 Å². The number of nitrogens with zero attached hydrogens (tertiary/aromatic N) is 1. The number of ether oxygens (including phenoxy) is 1. The van der Waals surface area contributed by atoms with Crippen molar-refractivity contribution in [1.82, 2.24) is 9.62 Å². The molecule has 1 aromatic carbocycles. The molecule has 0 radical (unpaired) electrons. The second-order valence-corrected chi connectivity index (χ2v) is 6.37. The number of likely N-dealkylation sites (N-methyl/N-ethyl adjacent to an activating group) is 1. The van der Waals surface area contributed by atoms with Crippen LogP contribution >= 0.6 is 0 Å². The number of hydrogen-bond acceptors (Lipinski definition) is 4. The highest BCUT2D eigenvalue weighted by molar-refractivity contribution is 7.88. The maximum absolute atomic E-state index is 12.2. The molecule has 1 amide bonds. The van der Waals surface area contributed by atoms with Gasteiger partial charge in [0.2, 0.25) is 15.9 Å². The van der Waals surface area contributed by atoms with Crippen molar-refractivity contribution in [2.45, 2.75) is 13.2 Å². The number of rotatable bonds is 7. The van der Waals surface area contributed by atoms with Crippen LogP contribution in [0.5, 0.6) is 5.75 Å². The van der Waals surface area contributed by atoms with Crippen molar-refractivity contribution in [1.29, 1.82) is 0 Å². The molecule has 0 spiro atoms. The summed E-state index contributed by atoms with van der Waals surface area (Å²) < 4.78 is 52.0. The first-order valence-corrected chi connectivity index (χ1v) is 7.75. The molecule has 0 aliphatic heterocycles. The summed E-state index contributed by atoms with van der Waals surface area (Å²) in [6.07, 6.45) is 0.978. The zero-order valence-electron chi connectivity index (χ0n) is 11.5. The minimum absolute atomic E-state index is 0.0377. The summed E-state index contributed by atoms with van der Waals surface area (Å²) in [6.45, 7) is -3.35. The third-order valence-corrected chi connectivity index (χ3v) is 3.86. The Labute approximate surface area is 121 Å². The van der Waals surface area contributed by atoms with Gasteiger partial charge in [0.05, 0.1) is 12.8 Å². The van der Waals surface area contributed by atoms with Crippen LogP contribution in [0.3, 0.4) is 0 Å². The van der Waals surface area contributed by atoms with Crippen molar-refractivity contribution in [3.63, 3.8) is 0 Å². The lowest BCUT2D eigenvalue weighted by Gasteiger charge is -2.15. The molecule has 21 heavy (non-hydrogen) atoms. The molecule has 6 nitrogen and oxygen atoms in total. The molecular formula is C12H16F2N2O4S. The topological polar surface area (TPSA) is 75.7 Å². The van der Waals surface area contributed by atoms with Gasteiger partial charge >= 0.3 is 6.61 Å². The highest BCUT2D eigenvalue weighted by Gasteiger charge is 2.15. The van der Waals surface area contributed by atoms with Gasteiger partial charge in [-0.1, -0.05) is 18.2 Å². The molecule has 0 saturated heterocycles. The molecule has 0 atom stereocenters. The quantitative estimate of drug-likeness (QED) is 0.805. The Kier molecular flexibility index (Phi) is 6.03. The maximum Gasteiger partial charge on any atom is 0.387 e. The molecule has 1 rings (SSSR count). The molecule has 0 aromatic heterocycles. The Balaban J connectivity index is 2.61. The van der Waals surface area contributed by atoms with Crippen LogP contribution < -0.4 is 10.1 Å². The molecule has 0 aliphatic rings. The second-order valence-electron chi connectivity index (χ2n) is 4.28. The number of benzene rings is 1. The van der Waals surface area contributed by atoms with Crippen LogP contribution in [0.2, 0.25) is 0 Å². The van der Waals surface area contributed by atoms with E-state index in [2.05, 4.69) is 10.1 Å². The van der Waals surface area contributed by atoms with Crippen LogP contribution in [0, 0.1) is 0 Å². The molecule has 0 heterocycles. The van der Waals surface area contributed by atoms with E-state index in [4.69, 9.17) is 0 Å². The fourth-order valence-corrected chi connectivity index (χ4v) is 1.78. The van der Waals surface area contributed by atoms with Gasteiger partial charge in [-0.3, -0.25) is 4.79 Å². The third-order valence-electron chi connectivity index (χ3n) is 2.60. The monoisotopic (exact) mass is 322 g/mol. The van der Waals surface area contributed by atoms with E-state index < -0.39 is 22.5 Å². The molecule has 9 heteroatoms. The number of sulfonamides is 1. The SMILES string of the molecule is CN(CC(=O)NCc1ccccc1OC(F)F)S(C)(=O)=O. The van der Waals surface area contributed by atoms with Crippen molar-refractivity contribution in [3.05, 3.63) is 29.8 Å². The normalized spacial score (nSPS) is 11.7. The van der Waals surface area contributed by atoms with Crippen LogP contribution in [0.1, 0.15) is 5.56 Å². The summed E-state index contributed by atoms with van der Waals surface area (Å²) in [5.41, 5.74) is 0.369. The van der Waals surface area contributed by atoms with Gasteiger partial charge in [0.15, 0.2) is 0 Å². The van der Waals surface area contributed by atoms with Crippen LogP contribution in [0.15, 0.2) is 24.3 Å². The largest absolute Gasteiger partial charge is 0.434 e. The Hall–Kier alpha value is -1.74. The van der Waals surface area contributed by atoms with Gasteiger partial charge in [-0.15, -0.1) is 0 Å². The average Bonchev–Trinajstić information content (AvgIpc) is 2.36. The van der Waals surface area contributed by atoms with Gasteiger partial charge in [-0.05, 0) is 6.07 Å². The van der Waals surface area contributed by atoms with E-state index in [0.717, 1.165) is 10.6 Å². The Morgan fingerprint density at radius 2 is 2.00 bits per heavy atom. The first kappa shape index (κ1) is 17.3. The fourth-order valence-electron chi connectivity index (χ4n) is 1.43. The van der Waals surface area contributed by atoms with E-state index in [-0.39, 0.29) is 18.8 Å². The zero-order chi connectivity index (χ0) is 16.0. The molecule has 1 aromatic rings. The van der Waals surface area contributed by atoms with Crippen molar-refractivity contribution in [2.75, 3.05) is 19.8 Å². The maximum atomic E-state index is 12.2. The number of nitrogens with one attached hydrogen (secondary N) is 1. The lowest BCUT2D eigenvalue weighted by Crippen LogP contribution is -2.37. The first-order valence-electron chi connectivity index (χ1n) is 5.91. The summed E-state index contributed by atoms with van der Waals surface area (Å²) in [5.74, 6) is -0.584. The number of hydrogen-bond donors (Lipinski definition) is 1. The highest BCUT2D eigenvalue weighted by atomic mass is 32.2.